The first-order valence-electron chi connectivity index (χ1n) is 12.1. The van der Waals surface area contributed by atoms with Gasteiger partial charge in [-0.25, -0.2) is 4.39 Å². The highest BCUT2D eigenvalue weighted by atomic mass is 19.1. The first kappa shape index (κ1) is 22.3. The number of likely N-dealkylation sites (tertiary alicyclic amines) is 2. The fraction of sp³-hybridized carbons (Fsp3) is 0.680. The van der Waals surface area contributed by atoms with E-state index < -0.39 is 0 Å². The van der Waals surface area contributed by atoms with Crippen LogP contribution in [0.25, 0.3) is 0 Å². The van der Waals surface area contributed by atoms with Crippen LogP contribution >= 0.6 is 0 Å². The molecule has 0 atom stereocenters. The molecule has 2 heterocycles. The number of halogens is 1. The summed E-state index contributed by atoms with van der Waals surface area (Å²) in [5.74, 6) is 0.178. The van der Waals surface area contributed by atoms with Crippen LogP contribution in [0.3, 0.4) is 0 Å². The zero-order chi connectivity index (χ0) is 21.7. The molecule has 2 saturated heterocycles. The lowest BCUT2D eigenvalue weighted by Crippen LogP contribution is -2.48. The molecule has 0 unspecified atom stereocenters. The average Bonchev–Trinajstić information content (AvgIpc) is 3.40. The van der Waals surface area contributed by atoms with Crippen LogP contribution < -0.4 is 5.32 Å². The fourth-order valence-electron chi connectivity index (χ4n) is 5.73. The molecule has 3 fully saturated rings. The van der Waals surface area contributed by atoms with Crippen molar-refractivity contribution in [2.75, 3.05) is 32.7 Å². The number of carbonyl (C=O) groups is 2. The lowest BCUT2D eigenvalue weighted by molar-refractivity contribution is -0.128. The van der Waals surface area contributed by atoms with E-state index in [4.69, 9.17) is 0 Å². The van der Waals surface area contributed by atoms with Gasteiger partial charge in [-0.2, -0.15) is 0 Å². The first-order chi connectivity index (χ1) is 15.0. The van der Waals surface area contributed by atoms with Gasteiger partial charge in [0.15, 0.2) is 0 Å². The molecule has 31 heavy (non-hydrogen) atoms. The molecule has 5 nitrogen and oxygen atoms in total. The topological polar surface area (TPSA) is 52.7 Å². The van der Waals surface area contributed by atoms with Crippen LogP contribution in [0.1, 0.15) is 69.8 Å². The number of nitrogens with zero attached hydrogens (tertiary/aromatic N) is 2. The Morgan fingerprint density at radius 1 is 1.06 bits per heavy atom. The summed E-state index contributed by atoms with van der Waals surface area (Å²) in [6.45, 7) is 4.57. The minimum atomic E-state index is -0.166. The SMILES string of the molecule is O=C(CCCN1CCCC1=O)NC1CCN(CC2(c3ccc(F)cc3)CCCC2)CC1. The monoisotopic (exact) mass is 429 g/mol. The third-order valence-corrected chi connectivity index (χ3v) is 7.50. The summed E-state index contributed by atoms with van der Waals surface area (Å²) < 4.78 is 13.4. The van der Waals surface area contributed by atoms with Crippen molar-refractivity contribution in [2.24, 2.45) is 0 Å². The van der Waals surface area contributed by atoms with Gasteiger partial charge < -0.3 is 15.1 Å². The molecular weight excluding hydrogens is 393 g/mol. The summed E-state index contributed by atoms with van der Waals surface area (Å²) in [6.07, 6.45) is 9.66. The first-order valence-corrected chi connectivity index (χ1v) is 12.1. The summed E-state index contributed by atoms with van der Waals surface area (Å²) in [5, 5.41) is 3.21. The maximum Gasteiger partial charge on any atom is 0.222 e. The predicted molar refractivity (Wildman–Crippen MR) is 119 cm³/mol. The second-order valence-corrected chi connectivity index (χ2v) is 9.70. The Labute approximate surface area is 185 Å². The van der Waals surface area contributed by atoms with Crippen LogP contribution in [0.5, 0.6) is 0 Å². The molecule has 4 rings (SSSR count). The Kier molecular flexibility index (Phi) is 7.26. The van der Waals surface area contributed by atoms with Crippen LogP contribution in [0, 0.1) is 5.82 Å². The molecule has 0 spiro atoms. The smallest absolute Gasteiger partial charge is 0.222 e. The van der Waals surface area contributed by atoms with Gasteiger partial charge in [-0.3, -0.25) is 9.59 Å². The van der Waals surface area contributed by atoms with Gasteiger partial charge in [-0.15, -0.1) is 0 Å². The molecule has 6 heteroatoms. The van der Waals surface area contributed by atoms with Crippen molar-refractivity contribution in [3.63, 3.8) is 0 Å². The Balaban J connectivity index is 1.20. The van der Waals surface area contributed by atoms with Crippen LogP contribution in [-0.2, 0) is 15.0 Å². The number of benzene rings is 1. The maximum atomic E-state index is 13.4. The van der Waals surface area contributed by atoms with E-state index in [1.165, 1.54) is 31.2 Å². The van der Waals surface area contributed by atoms with Crippen molar-refractivity contribution in [1.29, 1.82) is 0 Å². The standard InChI is InChI=1S/C25H36FN3O2/c26-21-9-7-20(8-10-21)25(13-1-2-14-25)19-28-17-11-22(12-18-28)27-23(30)5-3-15-29-16-4-6-24(29)31/h7-10,22H,1-6,11-19H2,(H,27,30). The molecule has 170 valence electrons. The van der Waals surface area contributed by atoms with Gasteiger partial charge in [0.1, 0.15) is 5.82 Å². The number of piperidine rings is 1. The molecule has 1 aromatic carbocycles. The Hall–Kier alpha value is -1.95. The summed E-state index contributed by atoms with van der Waals surface area (Å²) in [5.41, 5.74) is 1.43. The molecule has 2 amide bonds. The van der Waals surface area contributed by atoms with Crippen molar-refractivity contribution in [1.82, 2.24) is 15.1 Å². The molecule has 1 aliphatic carbocycles. The number of nitrogens with one attached hydrogen (secondary N) is 1. The van der Waals surface area contributed by atoms with Gasteiger partial charge in [-0.1, -0.05) is 25.0 Å². The minimum Gasteiger partial charge on any atom is -0.353 e. The van der Waals surface area contributed by atoms with Crippen molar-refractivity contribution in [2.45, 2.75) is 75.7 Å². The molecule has 0 bridgehead atoms. The van der Waals surface area contributed by atoms with E-state index in [0.717, 1.165) is 51.9 Å². The van der Waals surface area contributed by atoms with Crippen LogP contribution in [-0.4, -0.2) is 60.4 Å². The highest BCUT2D eigenvalue weighted by Gasteiger charge is 2.38. The number of hydrogen-bond donors (Lipinski definition) is 1. The largest absolute Gasteiger partial charge is 0.353 e. The molecule has 1 N–H and O–H groups in total. The second kappa shape index (κ2) is 10.1. The van der Waals surface area contributed by atoms with Gasteiger partial charge >= 0.3 is 0 Å². The highest BCUT2D eigenvalue weighted by molar-refractivity contribution is 5.78. The zero-order valence-corrected chi connectivity index (χ0v) is 18.6. The number of rotatable bonds is 8. The van der Waals surface area contributed by atoms with Gasteiger partial charge in [0.25, 0.3) is 0 Å². The zero-order valence-electron chi connectivity index (χ0n) is 18.6. The van der Waals surface area contributed by atoms with E-state index in [-0.39, 0.29) is 29.1 Å². The maximum absolute atomic E-state index is 13.4. The van der Waals surface area contributed by atoms with E-state index in [0.29, 0.717) is 19.4 Å². The van der Waals surface area contributed by atoms with Crippen molar-refractivity contribution in [3.05, 3.63) is 35.6 Å². The Morgan fingerprint density at radius 3 is 2.42 bits per heavy atom. The van der Waals surface area contributed by atoms with Crippen molar-refractivity contribution in [3.8, 4) is 0 Å². The van der Waals surface area contributed by atoms with Crippen LogP contribution in [0.2, 0.25) is 0 Å². The molecule has 3 aliphatic rings. The van der Waals surface area contributed by atoms with Gasteiger partial charge in [0.2, 0.25) is 11.8 Å². The Morgan fingerprint density at radius 2 is 1.77 bits per heavy atom. The van der Waals surface area contributed by atoms with E-state index in [1.807, 2.05) is 17.0 Å². The molecule has 2 aliphatic heterocycles. The second-order valence-electron chi connectivity index (χ2n) is 9.70. The van der Waals surface area contributed by atoms with Crippen LogP contribution in [0.15, 0.2) is 24.3 Å². The van der Waals surface area contributed by atoms with Crippen LogP contribution in [0.4, 0.5) is 4.39 Å². The molecular formula is C25H36FN3O2. The lowest BCUT2D eigenvalue weighted by Gasteiger charge is -2.39. The van der Waals surface area contributed by atoms with E-state index in [2.05, 4.69) is 10.2 Å². The summed E-state index contributed by atoms with van der Waals surface area (Å²) >= 11 is 0. The highest BCUT2D eigenvalue weighted by Crippen LogP contribution is 2.42. The van der Waals surface area contributed by atoms with Gasteiger partial charge in [0.05, 0.1) is 0 Å². The molecule has 1 aromatic rings. The van der Waals surface area contributed by atoms with E-state index in [1.54, 1.807) is 12.1 Å². The summed E-state index contributed by atoms with van der Waals surface area (Å²) in [7, 11) is 0. The lowest BCUT2D eigenvalue weighted by atomic mass is 9.78. The minimum absolute atomic E-state index is 0.115. The number of hydrogen-bond acceptors (Lipinski definition) is 3. The Bertz CT molecular complexity index is 753. The van der Waals surface area contributed by atoms with E-state index in [9.17, 15) is 14.0 Å². The fourth-order valence-corrected chi connectivity index (χ4v) is 5.73. The number of amides is 2. The van der Waals surface area contributed by atoms with Crippen molar-refractivity contribution >= 4 is 11.8 Å². The third kappa shape index (κ3) is 5.65. The van der Waals surface area contributed by atoms with E-state index >= 15 is 0 Å². The number of carbonyl (C=O) groups excluding carboxylic acids is 2. The van der Waals surface area contributed by atoms with Gasteiger partial charge in [-0.05, 0) is 56.2 Å². The summed E-state index contributed by atoms with van der Waals surface area (Å²) in [4.78, 5) is 28.4. The predicted octanol–water partition coefficient (Wildman–Crippen LogP) is 3.62. The molecule has 0 radical (unpaired) electrons. The van der Waals surface area contributed by atoms with Gasteiger partial charge in [0, 0.05) is 57.0 Å². The van der Waals surface area contributed by atoms with Crippen molar-refractivity contribution < 1.29 is 14.0 Å². The quantitative estimate of drug-likeness (QED) is 0.687. The normalized spacial score (nSPS) is 22.2. The third-order valence-electron chi connectivity index (χ3n) is 7.50. The summed E-state index contributed by atoms with van der Waals surface area (Å²) in [6, 6.07) is 7.39. The molecule has 0 aromatic heterocycles. The average molecular weight is 430 g/mol. The molecule has 1 saturated carbocycles.